The second-order valence-electron chi connectivity index (χ2n) is 4.59. The number of ether oxygens (including phenoxy) is 1. The zero-order valence-corrected chi connectivity index (χ0v) is 13.2. The van der Waals surface area contributed by atoms with Crippen molar-refractivity contribution in [2.75, 3.05) is 18.5 Å². The van der Waals surface area contributed by atoms with E-state index in [-0.39, 0.29) is 24.7 Å². The first-order chi connectivity index (χ1) is 11.0. The predicted molar refractivity (Wildman–Crippen MR) is 84.2 cm³/mol. The largest absolute Gasteiger partial charge is 0.372 e. The van der Waals surface area contributed by atoms with E-state index in [9.17, 15) is 9.59 Å². The molecule has 0 fully saturated rings. The van der Waals surface area contributed by atoms with Crippen molar-refractivity contribution in [2.24, 2.45) is 5.73 Å². The summed E-state index contributed by atoms with van der Waals surface area (Å²) in [6, 6.07) is 7.16. The molecule has 0 saturated heterocycles. The Morgan fingerprint density at radius 2 is 2.13 bits per heavy atom. The van der Waals surface area contributed by atoms with E-state index < -0.39 is 11.8 Å². The lowest BCUT2D eigenvalue weighted by molar-refractivity contribution is -0.120. The van der Waals surface area contributed by atoms with Crippen molar-refractivity contribution in [2.45, 2.75) is 13.5 Å². The highest BCUT2D eigenvalue weighted by Gasteiger charge is 2.20. The van der Waals surface area contributed by atoms with Crippen LogP contribution in [0, 0.1) is 0 Å². The van der Waals surface area contributed by atoms with Gasteiger partial charge in [-0.3, -0.25) is 9.59 Å². The van der Waals surface area contributed by atoms with E-state index in [2.05, 4.69) is 15.6 Å². The van der Waals surface area contributed by atoms with Crippen molar-refractivity contribution >= 4 is 29.2 Å². The lowest BCUT2D eigenvalue weighted by atomic mass is 10.2. The summed E-state index contributed by atoms with van der Waals surface area (Å²) in [6.45, 7) is 2.24. The van der Waals surface area contributed by atoms with Gasteiger partial charge in [-0.1, -0.05) is 35.0 Å². The number of benzene rings is 1. The van der Waals surface area contributed by atoms with Crippen LogP contribution in [0.5, 0.6) is 0 Å². The Hall–Kier alpha value is -2.45. The number of rotatable bonds is 7. The smallest absolute Gasteiger partial charge is 0.273 e. The maximum atomic E-state index is 11.8. The third-order valence-corrected chi connectivity index (χ3v) is 3.31. The highest BCUT2D eigenvalue weighted by atomic mass is 35.5. The van der Waals surface area contributed by atoms with Gasteiger partial charge in [-0.05, 0) is 18.6 Å². The molecule has 2 amide bonds. The molecule has 9 heteroatoms. The van der Waals surface area contributed by atoms with E-state index in [1.807, 2.05) is 6.07 Å². The van der Waals surface area contributed by atoms with Crippen LogP contribution in [0.15, 0.2) is 24.3 Å². The van der Waals surface area contributed by atoms with Crippen LogP contribution in [0.3, 0.4) is 0 Å². The summed E-state index contributed by atoms with van der Waals surface area (Å²) < 4.78 is 6.37. The minimum Gasteiger partial charge on any atom is -0.372 e. The molecule has 1 aromatic heterocycles. The number of anilines is 1. The second-order valence-corrected chi connectivity index (χ2v) is 4.99. The van der Waals surface area contributed by atoms with E-state index in [0.29, 0.717) is 11.6 Å². The van der Waals surface area contributed by atoms with Gasteiger partial charge in [0.2, 0.25) is 0 Å². The number of aromatic nitrogens is 3. The van der Waals surface area contributed by atoms with E-state index in [4.69, 9.17) is 22.1 Å². The average Bonchev–Trinajstić information content (AvgIpc) is 2.90. The van der Waals surface area contributed by atoms with Crippen LogP contribution < -0.4 is 11.1 Å². The second kappa shape index (κ2) is 7.70. The Bertz CT molecular complexity index is 716. The summed E-state index contributed by atoms with van der Waals surface area (Å²) in [5, 5.41) is 10.7. The third-order valence-electron chi connectivity index (χ3n) is 2.94. The molecule has 0 aliphatic carbocycles. The molecule has 1 heterocycles. The molecule has 0 unspecified atom stereocenters. The van der Waals surface area contributed by atoms with Crippen molar-refractivity contribution in [1.82, 2.24) is 15.0 Å². The number of nitrogens with zero attached hydrogens (tertiary/aromatic N) is 3. The van der Waals surface area contributed by atoms with Crippen LogP contribution in [0.4, 0.5) is 5.82 Å². The first-order valence-electron chi connectivity index (χ1n) is 6.87. The molecule has 0 atom stereocenters. The molecule has 2 rings (SSSR count). The van der Waals surface area contributed by atoms with Gasteiger partial charge < -0.3 is 15.8 Å². The quantitative estimate of drug-likeness (QED) is 0.784. The van der Waals surface area contributed by atoms with Crippen LogP contribution in [0.25, 0.3) is 0 Å². The van der Waals surface area contributed by atoms with Gasteiger partial charge in [0.25, 0.3) is 11.8 Å². The number of hydrogen-bond acceptors (Lipinski definition) is 5. The van der Waals surface area contributed by atoms with Crippen molar-refractivity contribution in [3.63, 3.8) is 0 Å². The van der Waals surface area contributed by atoms with Gasteiger partial charge in [0.15, 0.2) is 11.5 Å². The molecular formula is C14H16ClN5O3. The molecule has 0 aliphatic heterocycles. The molecule has 23 heavy (non-hydrogen) atoms. The normalized spacial score (nSPS) is 10.5. The molecule has 0 aliphatic rings. The average molecular weight is 338 g/mol. The topological polar surface area (TPSA) is 112 Å². The fourth-order valence-corrected chi connectivity index (χ4v) is 2.06. The molecule has 8 nitrogen and oxygen atoms in total. The number of carbonyl (C=O) groups excluding carboxylic acids is 2. The first kappa shape index (κ1) is 16.9. The first-order valence-corrected chi connectivity index (χ1v) is 7.25. The van der Waals surface area contributed by atoms with Gasteiger partial charge in [0, 0.05) is 11.6 Å². The molecule has 122 valence electrons. The minimum absolute atomic E-state index is 0.113. The Morgan fingerprint density at radius 1 is 1.39 bits per heavy atom. The Balaban J connectivity index is 2.27. The van der Waals surface area contributed by atoms with E-state index in [0.717, 1.165) is 5.56 Å². The molecule has 0 spiro atoms. The van der Waals surface area contributed by atoms with Crippen LogP contribution in [-0.4, -0.2) is 40.0 Å². The van der Waals surface area contributed by atoms with Crippen molar-refractivity contribution < 1.29 is 14.3 Å². The number of halogens is 1. The third kappa shape index (κ3) is 4.27. The highest BCUT2D eigenvalue weighted by Crippen LogP contribution is 2.19. The number of amides is 2. The summed E-state index contributed by atoms with van der Waals surface area (Å²) in [7, 11) is 0. The number of nitrogens with one attached hydrogen (secondary N) is 1. The molecular weight excluding hydrogens is 322 g/mol. The number of nitrogens with two attached hydrogens (primary N) is 1. The molecule has 0 saturated carbocycles. The molecule has 0 radical (unpaired) electrons. The van der Waals surface area contributed by atoms with Crippen LogP contribution >= 0.6 is 11.6 Å². The highest BCUT2D eigenvalue weighted by molar-refractivity contribution is 6.31. The maximum Gasteiger partial charge on any atom is 0.273 e. The summed E-state index contributed by atoms with van der Waals surface area (Å²) >= 11 is 6.11. The molecule has 0 bridgehead atoms. The zero-order chi connectivity index (χ0) is 16.8. The van der Waals surface area contributed by atoms with Gasteiger partial charge in [-0.15, -0.1) is 5.10 Å². The van der Waals surface area contributed by atoms with Crippen molar-refractivity contribution in [3.05, 3.63) is 40.5 Å². The monoisotopic (exact) mass is 337 g/mol. The molecule has 2 aromatic rings. The summed E-state index contributed by atoms with van der Waals surface area (Å²) in [4.78, 5) is 23.3. The number of carbonyl (C=O) groups is 2. The standard InChI is InChI=1S/C14H16ClN5O3/c1-2-23-8-11(21)17-14-12(13(16)22)18-19-20(14)7-9-5-3-4-6-10(9)15/h3-6H,2,7-8H2,1H3,(H2,16,22)(H,17,21). The number of hydrogen-bond donors (Lipinski definition) is 2. The molecule has 1 aromatic carbocycles. The fraction of sp³-hybridized carbons (Fsp3) is 0.286. The Kier molecular flexibility index (Phi) is 5.67. The summed E-state index contributed by atoms with van der Waals surface area (Å²) in [5.74, 6) is -1.11. The van der Waals surface area contributed by atoms with Gasteiger partial charge in [-0.2, -0.15) is 0 Å². The Labute approximate surface area is 137 Å². The van der Waals surface area contributed by atoms with E-state index in [1.54, 1.807) is 25.1 Å². The SMILES string of the molecule is CCOCC(=O)Nc1c(C(N)=O)nnn1Cc1ccccc1Cl. The van der Waals surface area contributed by atoms with Gasteiger partial charge in [0.1, 0.15) is 6.61 Å². The van der Waals surface area contributed by atoms with Gasteiger partial charge in [-0.25, -0.2) is 4.68 Å². The predicted octanol–water partition coefficient (Wildman–Crippen LogP) is 1.05. The Morgan fingerprint density at radius 3 is 2.78 bits per heavy atom. The van der Waals surface area contributed by atoms with Crippen molar-refractivity contribution in [1.29, 1.82) is 0 Å². The summed E-state index contributed by atoms with van der Waals surface area (Å²) in [6.07, 6.45) is 0. The lowest BCUT2D eigenvalue weighted by Gasteiger charge is -2.10. The van der Waals surface area contributed by atoms with E-state index >= 15 is 0 Å². The zero-order valence-electron chi connectivity index (χ0n) is 12.5. The summed E-state index contributed by atoms with van der Waals surface area (Å²) in [5.41, 5.74) is 5.90. The van der Waals surface area contributed by atoms with Crippen molar-refractivity contribution in [3.8, 4) is 0 Å². The van der Waals surface area contributed by atoms with Gasteiger partial charge in [0.05, 0.1) is 6.54 Å². The van der Waals surface area contributed by atoms with Crippen LogP contribution in [-0.2, 0) is 16.1 Å². The van der Waals surface area contributed by atoms with E-state index in [1.165, 1.54) is 4.68 Å². The minimum atomic E-state index is -0.790. The maximum absolute atomic E-state index is 11.8. The van der Waals surface area contributed by atoms with Crippen LogP contribution in [0.2, 0.25) is 5.02 Å². The lowest BCUT2D eigenvalue weighted by Crippen LogP contribution is -2.23. The molecule has 3 N–H and O–H groups in total. The number of primary amides is 1. The van der Waals surface area contributed by atoms with Crippen LogP contribution in [0.1, 0.15) is 23.0 Å². The van der Waals surface area contributed by atoms with Gasteiger partial charge >= 0.3 is 0 Å². The fourth-order valence-electron chi connectivity index (χ4n) is 1.86.